The average molecular weight is 198 g/mol. The molecule has 0 radical (unpaired) electrons. The Bertz CT molecular complexity index is 396. The van der Waals surface area contributed by atoms with E-state index in [1.165, 1.54) is 29.5 Å². The van der Waals surface area contributed by atoms with Crippen LogP contribution in [-0.4, -0.2) is 0 Å². The van der Waals surface area contributed by atoms with Crippen molar-refractivity contribution < 1.29 is 0 Å². The highest BCUT2D eigenvalue weighted by atomic mass is 14.1. The number of benzene rings is 1. The number of hydrogen-bond donors (Lipinski definition) is 0. The van der Waals surface area contributed by atoms with Crippen molar-refractivity contribution in [2.45, 2.75) is 26.7 Å². The van der Waals surface area contributed by atoms with Gasteiger partial charge in [-0.15, -0.1) is 0 Å². The molecule has 0 heterocycles. The fourth-order valence-electron chi connectivity index (χ4n) is 1.96. The Morgan fingerprint density at radius 3 is 2.87 bits per heavy atom. The lowest BCUT2D eigenvalue weighted by molar-refractivity contribution is 0.607. The van der Waals surface area contributed by atoms with E-state index in [0.717, 1.165) is 5.92 Å². The van der Waals surface area contributed by atoms with Crippen molar-refractivity contribution in [1.82, 2.24) is 0 Å². The largest absolute Gasteiger partial charge is 0.0837 e. The maximum Gasteiger partial charge on any atom is -0.0185 e. The van der Waals surface area contributed by atoms with Gasteiger partial charge in [-0.2, -0.15) is 0 Å². The minimum absolute atomic E-state index is 0.781. The van der Waals surface area contributed by atoms with Gasteiger partial charge in [0.1, 0.15) is 0 Å². The van der Waals surface area contributed by atoms with Gasteiger partial charge in [-0.1, -0.05) is 55.0 Å². The van der Waals surface area contributed by atoms with Gasteiger partial charge in [0.2, 0.25) is 0 Å². The van der Waals surface area contributed by atoms with Gasteiger partial charge in [-0.3, -0.25) is 0 Å². The zero-order valence-corrected chi connectivity index (χ0v) is 9.53. The van der Waals surface area contributed by atoms with Crippen molar-refractivity contribution >= 4 is 5.57 Å². The maximum absolute atomic E-state index is 2.36. The SMILES string of the molecule is Cc1cccc(C2=CCC(C)CC=C2)c1. The van der Waals surface area contributed by atoms with Gasteiger partial charge in [-0.05, 0) is 36.8 Å². The number of hydrogen-bond acceptors (Lipinski definition) is 0. The van der Waals surface area contributed by atoms with E-state index in [-0.39, 0.29) is 0 Å². The molecule has 0 aliphatic heterocycles. The first kappa shape index (κ1) is 10.2. The van der Waals surface area contributed by atoms with Gasteiger partial charge in [0, 0.05) is 0 Å². The molecule has 0 bridgehead atoms. The summed E-state index contributed by atoms with van der Waals surface area (Å²) in [6, 6.07) is 8.73. The molecule has 0 spiro atoms. The predicted octanol–water partition coefficient (Wildman–Crippen LogP) is 4.36. The zero-order valence-electron chi connectivity index (χ0n) is 9.53. The van der Waals surface area contributed by atoms with Crippen LogP contribution in [0.25, 0.3) is 5.57 Å². The van der Waals surface area contributed by atoms with E-state index in [9.17, 15) is 0 Å². The van der Waals surface area contributed by atoms with Crippen molar-refractivity contribution in [1.29, 1.82) is 0 Å². The van der Waals surface area contributed by atoms with Crippen LogP contribution in [0, 0.1) is 12.8 Å². The summed E-state index contributed by atoms with van der Waals surface area (Å²) in [7, 11) is 0. The highest BCUT2D eigenvalue weighted by molar-refractivity contribution is 5.74. The molecule has 0 aromatic heterocycles. The number of rotatable bonds is 1. The Kier molecular flexibility index (Phi) is 3.05. The number of aryl methyl sites for hydroxylation is 1. The van der Waals surface area contributed by atoms with E-state index < -0.39 is 0 Å². The van der Waals surface area contributed by atoms with Gasteiger partial charge in [0.25, 0.3) is 0 Å². The van der Waals surface area contributed by atoms with Gasteiger partial charge in [-0.25, -0.2) is 0 Å². The van der Waals surface area contributed by atoms with Crippen molar-refractivity contribution in [3.63, 3.8) is 0 Å². The van der Waals surface area contributed by atoms with E-state index in [2.05, 4.69) is 56.3 Å². The fraction of sp³-hybridized carbons (Fsp3) is 0.333. The smallest absolute Gasteiger partial charge is 0.0185 e. The Morgan fingerprint density at radius 1 is 1.20 bits per heavy atom. The van der Waals surface area contributed by atoms with Gasteiger partial charge in [0.05, 0.1) is 0 Å². The Hall–Kier alpha value is -1.30. The summed E-state index contributed by atoms with van der Waals surface area (Å²) >= 11 is 0. The molecule has 1 atom stereocenters. The van der Waals surface area contributed by atoms with Crippen LogP contribution in [0.15, 0.2) is 42.5 Å². The molecule has 0 fully saturated rings. The summed E-state index contributed by atoms with van der Waals surface area (Å²) in [6.07, 6.45) is 9.31. The molecule has 1 aromatic carbocycles. The van der Waals surface area contributed by atoms with Crippen LogP contribution in [0.4, 0.5) is 0 Å². The quantitative estimate of drug-likeness (QED) is 0.628. The predicted molar refractivity (Wildman–Crippen MR) is 66.7 cm³/mol. The van der Waals surface area contributed by atoms with Crippen LogP contribution in [0.5, 0.6) is 0 Å². The van der Waals surface area contributed by atoms with Crippen molar-refractivity contribution in [2.24, 2.45) is 5.92 Å². The lowest BCUT2D eigenvalue weighted by Crippen LogP contribution is -1.87. The second-order valence-electron chi connectivity index (χ2n) is 4.51. The van der Waals surface area contributed by atoms with Crippen LogP contribution in [0.1, 0.15) is 30.9 Å². The second kappa shape index (κ2) is 4.48. The van der Waals surface area contributed by atoms with Crippen LogP contribution < -0.4 is 0 Å². The van der Waals surface area contributed by atoms with Crippen molar-refractivity contribution in [3.05, 3.63) is 53.6 Å². The molecular formula is C15H18. The first-order chi connectivity index (χ1) is 7.25. The Labute approximate surface area is 92.3 Å². The highest BCUT2D eigenvalue weighted by Crippen LogP contribution is 2.23. The lowest BCUT2D eigenvalue weighted by atomic mass is 10.0. The third kappa shape index (κ3) is 2.59. The van der Waals surface area contributed by atoms with E-state index in [4.69, 9.17) is 0 Å². The van der Waals surface area contributed by atoms with Crippen LogP contribution in [0.2, 0.25) is 0 Å². The minimum Gasteiger partial charge on any atom is -0.0837 e. The molecule has 2 rings (SSSR count). The molecule has 15 heavy (non-hydrogen) atoms. The van der Waals surface area contributed by atoms with Gasteiger partial charge < -0.3 is 0 Å². The molecule has 1 aromatic rings. The zero-order chi connectivity index (χ0) is 10.7. The van der Waals surface area contributed by atoms with Crippen molar-refractivity contribution in [3.8, 4) is 0 Å². The molecule has 78 valence electrons. The van der Waals surface area contributed by atoms with Crippen LogP contribution in [0.3, 0.4) is 0 Å². The summed E-state index contributed by atoms with van der Waals surface area (Å²) in [6.45, 7) is 4.45. The summed E-state index contributed by atoms with van der Waals surface area (Å²) < 4.78 is 0. The summed E-state index contributed by atoms with van der Waals surface area (Å²) in [5.41, 5.74) is 4.06. The lowest BCUT2D eigenvalue weighted by Gasteiger charge is -2.04. The standard InChI is InChI=1S/C15H18/c1-12-5-3-7-14(10-9-12)15-8-4-6-13(2)11-15/h3-4,6-8,10-12H,5,9H2,1-2H3. The van der Waals surface area contributed by atoms with Gasteiger partial charge >= 0.3 is 0 Å². The summed E-state index contributed by atoms with van der Waals surface area (Å²) in [5, 5.41) is 0. The minimum atomic E-state index is 0.781. The number of allylic oxidation sites excluding steroid dienone is 4. The molecule has 0 saturated heterocycles. The summed E-state index contributed by atoms with van der Waals surface area (Å²) in [4.78, 5) is 0. The molecule has 0 nitrogen and oxygen atoms in total. The van der Waals surface area contributed by atoms with E-state index >= 15 is 0 Å². The van der Waals surface area contributed by atoms with E-state index in [1.807, 2.05) is 0 Å². The van der Waals surface area contributed by atoms with E-state index in [0.29, 0.717) is 0 Å². The van der Waals surface area contributed by atoms with E-state index in [1.54, 1.807) is 0 Å². The van der Waals surface area contributed by atoms with Crippen molar-refractivity contribution in [2.75, 3.05) is 0 Å². The molecule has 1 aliphatic carbocycles. The highest BCUT2D eigenvalue weighted by Gasteiger charge is 2.04. The third-order valence-corrected chi connectivity index (χ3v) is 2.93. The molecule has 0 heteroatoms. The van der Waals surface area contributed by atoms with Gasteiger partial charge in [0.15, 0.2) is 0 Å². The third-order valence-electron chi connectivity index (χ3n) is 2.93. The Morgan fingerprint density at radius 2 is 2.07 bits per heavy atom. The molecule has 1 unspecified atom stereocenters. The van der Waals surface area contributed by atoms with Crippen LogP contribution >= 0.6 is 0 Å². The topological polar surface area (TPSA) is 0 Å². The second-order valence-corrected chi connectivity index (χ2v) is 4.51. The first-order valence-corrected chi connectivity index (χ1v) is 5.69. The maximum atomic E-state index is 2.36. The molecule has 0 saturated carbocycles. The molecule has 0 N–H and O–H groups in total. The molecular weight excluding hydrogens is 180 g/mol. The normalized spacial score (nSPS) is 20.9. The first-order valence-electron chi connectivity index (χ1n) is 5.69. The van der Waals surface area contributed by atoms with Crippen LogP contribution in [-0.2, 0) is 0 Å². The molecule has 0 amide bonds. The Balaban J connectivity index is 2.30. The fourth-order valence-corrected chi connectivity index (χ4v) is 1.96. The monoisotopic (exact) mass is 198 g/mol. The molecule has 1 aliphatic rings. The summed E-state index contributed by atoms with van der Waals surface area (Å²) in [5.74, 6) is 0.781. The average Bonchev–Trinajstić information content (AvgIpc) is 2.43.